The first-order chi connectivity index (χ1) is 7.69. The molecular formula is C12H18F2N2. The Morgan fingerprint density at radius 1 is 1.31 bits per heavy atom. The highest BCUT2D eigenvalue weighted by Crippen LogP contribution is 2.15. The predicted octanol–water partition coefficient (Wildman–Crippen LogP) is 2.53. The first-order valence-corrected chi connectivity index (χ1v) is 5.58. The van der Waals surface area contributed by atoms with Crippen LogP contribution in [0.15, 0.2) is 18.2 Å². The second-order valence-corrected chi connectivity index (χ2v) is 3.91. The number of unbranched alkanes of at least 4 members (excludes halogenated alkanes) is 1. The van der Waals surface area contributed by atoms with Crippen molar-refractivity contribution in [3.05, 3.63) is 35.4 Å². The lowest BCUT2D eigenvalue weighted by Crippen LogP contribution is -2.37. The topological polar surface area (TPSA) is 38.0 Å². The number of nitrogens with two attached hydrogens (primary N) is 1. The number of halogens is 2. The van der Waals surface area contributed by atoms with Crippen LogP contribution in [0.25, 0.3) is 0 Å². The van der Waals surface area contributed by atoms with E-state index in [9.17, 15) is 8.78 Å². The third-order valence-corrected chi connectivity index (χ3v) is 2.65. The zero-order valence-electron chi connectivity index (χ0n) is 9.47. The summed E-state index contributed by atoms with van der Waals surface area (Å²) in [7, 11) is 0. The van der Waals surface area contributed by atoms with Gasteiger partial charge in [-0.15, -0.1) is 0 Å². The molecule has 0 aromatic heterocycles. The van der Waals surface area contributed by atoms with Crippen molar-refractivity contribution in [1.82, 2.24) is 5.43 Å². The molecule has 0 aliphatic heterocycles. The monoisotopic (exact) mass is 228 g/mol. The first-order valence-electron chi connectivity index (χ1n) is 5.58. The van der Waals surface area contributed by atoms with E-state index in [4.69, 9.17) is 5.84 Å². The molecule has 0 aliphatic rings. The van der Waals surface area contributed by atoms with Gasteiger partial charge in [-0.05, 0) is 25.0 Å². The standard InChI is InChI=1S/C12H18F2N2/c1-2-3-5-9(16-15)8-10-11(13)6-4-7-12(10)14/h4,6-7,9,16H,2-3,5,8,15H2,1H3. The van der Waals surface area contributed by atoms with Crippen LogP contribution in [0.3, 0.4) is 0 Å². The van der Waals surface area contributed by atoms with Crippen molar-refractivity contribution in [2.24, 2.45) is 5.84 Å². The molecule has 90 valence electrons. The quantitative estimate of drug-likeness (QED) is 0.580. The predicted molar refractivity (Wildman–Crippen MR) is 60.7 cm³/mol. The Morgan fingerprint density at radius 2 is 1.94 bits per heavy atom. The second-order valence-electron chi connectivity index (χ2n) is 3.91. The Labute approximate surface area is 94.8 Å². The molecule has 1 rings (SSSR count). The van der Waals surface area contributed by atoms with E-state index in [0.29, 0.717) is 0 Å². The Kier molecular flexibility index (Phi) is 5.35. The molecule has 4 heteroatoms. The van der Waals surface area contributed by atoms with Crippen molar-refractivity contribution in [3.63, 3.8) is 0 Å². The van der Waals surface area contributed by atoms with Crippen molar-refractivity contribution in [3.8, 4) is 0 Å². The van der Waals surface area contributed by atoms with Gasteiger partial charge >= 0.3 is 0 Å². The SMILES string of the molecule is CCCCC(Cc1c(F)cccc1F)NN. The Bertz CT molecular complexity index is 309. The molecule has 0 bridgehead atoms. The molecule has 0 amide bonds. The average molecular weight is 228 g/mol. The van der Waals surface area contributed by atoms with Gasteiger partial charge in [0.05, 0.1) is 0 Å². The molecule has 1 aromatic carbocycles. The third-order valence-electron chi connectivity index (χ3n) is 2.65. The van der Waals surface area contributed by atoms with E-state index < -0.39 is 11.6 Å². The minimum absolute atomic E-state index is 0.0775. The highest BCUT2D eigenvalue weighted by atomic mass is 19.1. The molecule has 0 spiro atoms. The number of hydrazine groups is 1. The number of rotatable bonds is 6. The first kappa shape index (κ1) is 13.1. The van der Waals surface area contributed by atoms with Crippen molar-refractivity contribution in [1.29, 1.82) is 0 Å². The average Bonchev–Trinajstić information content (AvgIpc) is 2.28. The normalized spacial score (nSPS) is 12.8. The van der Waals surface area contributed by atoms with Crippen LogP contribution in [0.4, 0.5) is 8.78 Å². The highest BCUT2D eigenvalue weighted by Gasteiger charge is 2.14. The van der Waals surface area contributed by atoms with Gasteiger partial charge in [0.15, 0.2) is 0 Å². The summed E-state index contributed by atoms with van der Waals surface area (Å²) in [6, 6.07) is 3.83. The van der Waals surface area contributed by atoms with E-state index in [1.807, 2.05) is 0 Å². The van der Waals surface area contributed by atoms with Crippen molar-refractivity contribution < 1.29 is 8.78 Å². The maximum absolute atomic E-state index is 13.4. The lowest BCUT2D eigenvalue weighted by molar-refractivity contribution is 0.451. The van der Waals surface area contributed by atoms with Crippen molar-refractivity contribution >= 4 is 0 Å². The second kappa shape index (κ2) is 6.55. The Balaban J connectivity index is 2.69. The molecule has 2 nitrogen and oxygen atoms in total. The summed E-state index contributed by atoms with van der Waals surface area (Å²) < 4.78 is 26.7. The Morgan fingerprint density at radius 3 is 2.44 bits per heavy atom. The molecule has 1 aromatic rings. The summed E-state index contributed by atoms with van der Waals surface area (Å²) in [5.41, 5.74) is 2.72. The zero-order chi connectivity index (χ0) is 12.0. The number of hydrogen-bond donors (Lipinski definition) is 2. The molecule has 16 heavy (non-hydrogen) atoms. The van der Waals surface area contributed by atoms with Gasteiger partial charge in [-0.1, -0.05) is 25.8 Å². The fourth-order valence-electron chi connectivity index (χ4n) is 1.67. The molecular weight excluding hydrogens is 210 g/mol. The van der Waals surface area contributed by atoms with Crippen LogP contribution in [0.1, 0.15) is 31.7 Å². The van der Waals surface area contributed by atoms with Gasteiger partial charge in [-0.3, -0.25) is 11.3 Å². The minimum Gasteiger partial charge on any atom is -0.271 e. The number of hydrogen-bond acceptors (Lipinski definition) is 2. The van der Waals surface area contributed by atoms with Crippen LogP contribution in [0, 0.1) is 11.6 Å². The maximum atomic E-state index is 13.4. The fourth-order valence-corrected chi connectivity index (χ4v) is 1.67. The Hall–Kier alpha value is -1.00. The molecule has 1 atom stereocenters. The number of benzene rings is 1. The summed E-state index contributed by atoms with van der Waals surface area (Å²) >= 11 is 0. The highest BCUT2D eigenvalue weighted by molar-refractivity contribution is 5.20. The molecule has 0 aliphatic carbocycles. The molecule has 0 radical (unpaired) electrons. The third kappa shape index (κ3) is 3.54. The van der Waals surface area contributed by atoms with Crippen LogP contribution in [0.2, 0.25) is 0 Å². The van der Waals surface area contributed by atoms with Gasteiger partial charge in [0.25, 0.3) is 0 Å². The van der Waals surface area contributed by atoms with Gasteiger partial charge in [-0.25, -0.2) is 8.78 Å². The van der Waals surface area contributed by atoms with Crippen LogP contribution in [0.5, 0.6) is 0 Å². The van der Waals surface area contributed by atoms with Crippen LogP contribution in [-0.2, 0) is 6.42 Å². The van der Waals surface area contributed by atoms with Gasteiger partial charge in [0, 0.05) is 11.6 Å². The fraction of sp³-hybridized carbons (Fsp3) is 0.500. The minimum atomic E-state index is -0.503. The summed E-state index contributed by atoms with van der Waals surface area (Å²) in [6.07, 6.45) is 3.14. The lowest BCUT2D eigenvalue weighted by Gasteiger charge is -2.16. The maximum Gasteiger partial charge on any atom is 0.129 e. The van der Waals surface area contributed by atoms with Gasteiger partial charge in [-0.2, -0.15) is 0 Å². The summed E-state index contributed by atoms with van der Waals surface area (Å²) in [5.74, 6) is 4.36. The molecule has 3 N–H and O–H groups in total. The molecule has 0 saturated heterocycles. The van der Waals surface area contributed by atoms with Gasteiger partial charge < -0.3 is 0 Å². The van der Waals surface area contributed by atoms with Crippen LogP contribution in [-0.4, -0.2) is 6.04 Å². The molecule has 0 fully saturated rings. The summed E-state index contributed by atoms with van der Waals surface area (Å²) in [6.45, 7) is 2.07. The van der Waals surface area contributed by atoms with E-state index in [1.165, 1.54) is 18.2 Å². The van der Waals surface area contributed by atoms with E-state index in [1.54, 1.807) is 0 Å². The van der Waals surface area contributed by atoms with E-state index >= 15 is 0 Å². The summed E-state index contributed by atoms with van der Waals surface area (Å²) in [5, 5.41) is 0. The van der Waals surface area contributed by atoms with Crippen molar-refractivity contribution in [2.75, 3.05) is 0 Å². The largest absolute Gasteiger partial charge is 0.271 e. The van der Waals surface area contributed by atoms with Gasteiger partial charge in [0.2, 0.25) is 0 Å². The number of nitrogens with one attached hydrogen (secondary N) is 1. The van der Waals surface area contributed by atoms with Gasteiger partial charge in [0.1, 0.15) is 11.6 Å². The zero-order valence-corrected chi connectivity index (χ0v) is 9.47. The smallest absolute Gasteiger partial charge is 0.129 e. The van der Waals surface area contributed by atoms with Crippen LogP contribution >= 0.6 is 0 Å². The van der Waals surface area contributed by atoms with E-state index in [0.717, 1.165) is 19.3 Å². The van der Waals surface area contributed by atoms with E-state index in [2.05, 4.69) is 12.3 Å². The molecule has 0 saturated carbocycles. The van der Waals surface area contributed by atoms with Crippen LogP contribution < -0.4 is 11.3 Å². The van der Waals surface area contributed by atoms with Crippen molar-refractivity contribution in [2.45, 2.75) is 38.6 Å². The summed E-state index contributed by atoms with van der Waals surface area (Å²) in [4.78, 5) is 0. The van der Waals surface area contributed by atoms with E-state index in [-0.39, 0.29) is 18.0 Å². The molecule has 1 unspecified atom stereocenters. The lowest BCUT2D eigenvalue weighted by atomic mass is 10.0. The molecule has 0 heterocycles.